The largest absolute Gasteiger partial charge is 0.378 e. The maximum atomic E-state index is 13.1. The predicted molar refractivity (Wildman–Crippen MR) is 129 cm³/mol. The van der Waals surface area contributed by atoms with E-state index in [0.717, 1.165) is 24.5 Å². The summed E-state index contributed by atoms with van der Waals surface area (Å²) in [7, 11) is 0. The Morgan fingerprint density at radius 1 is 0.939 bits per heavy atom. The minimum atomic E-state index is -0.519. The second kappa shape index (κ2) is 10.6. The van der Waals surface area contributed by atoms with Crippen LogP contribution in [0.5, 0.6) is 0 Å². The van der Waals surface area contributed by atoms with Crippen LogP contribution in [0.25, 0.3) is 0 Å². The Morgan fingerprint density at radius 3 is 2.18 bits per heavy atom. The lowest BCUT2D eigenvalue weighted by Crippen LogP contribution is -2.40. The van der Waals surface area contributed by atoms with Crippen molar-refractivity contribution in [3.8, 4) is 0 Å². The zero-order valence-electron chi connectivity index (χ0n) is 18.0. The van der Waals surface area contributed by atoms with E-state index < -0.39 is 10.8 Å². The van der Waals surface area contributed by atoms with Crippen LogP contribution in [0.1, 0.15) is 10.4 Å². The van der Waals surface area contributed by atoms with Crippen LogP contribution in [0.2, 0.25) is 0 Å². The fourth-order valence-electron chi connectivity index (χ4n) is 3.88. The molecule has 0 aromatic heterocycles. The molecule has 33 heavy (non-hydrogen) atoms. The van der Waals surface area contributed by atoms with E-state index >= 15 is 0 Å². The summed E-state index contributed by atoms with van der Waals surface area (Å²) in [6, 6.07) is 12.0. The number of non-ortho nitro benzene ring substituents is 1. The van der Waals surface area contributed by atoms with Gasteiger partial charge in [0.15, 0.2) is 5.11 Å². The van der Waals surface area contributed by atoms with Crippen molar-refractivity contribution in [2.45, 2.75) is 0 Å². The monoisotopic (exact) mass is 471 g/mol. The second-order valence-corrected chi connectivity index (χ2v) is 7.99. The summed E-state index contributed by atoms with van der Waals surface area (Å²) in [6.45, 7) is 5.04. The van der Waals surface area contributed by atoms with E-state index in [1.807, 2.05) is 29.2 Å². The Morgan fingerprint density at radius 2 is 1.55 bits per heavy atom. The molecule has 2 aromatic carbocycles. The molecule has 2 aromatic rings. The normalized spacial score (nSPS) is 16.2. The van der Waals surface area contributed by atoms with Gasteiger partial charge in [0.25, 0.3) is 11.6 Å². The molecule has 11 heteroatoms. The first-order valence-electron chi connectivity index (χ1n) is 10.7. The summed E-state index contributed by atoms with van der Waals surface area (Å²) >= 11 is 5.40. The number of rotatable bonds is 5. The number of nitrogens with zero attached hydrogens (tertiary/aromatic N) is 3. The van der Waals surface area contributed by atoms with E-state index in [0.29, 0.717) is 45.2 Å². The molecule has 0 bridgehead atoms. The number of amides is 1. The molecule has 2 N–H and O–H groups in total. The number of hydrogen-bond donors (Lipinski definition) is 2. The van der Waals surface area contributed by atoms with E-state index in [4.69, 9.17) is 21.7 Å². The van der Waals surface area contributed by atoms with Crippen molar-refractivity contribution < 1.29 is 19.2 Å². The number of benzene rings is 2. The fraction of sp³-hybridized carbons (Fsp3) is 0.364. The maximum Gasteiger partial charge on any atom is 0.270 e. The van der Waals surface area contributed by atoms with Gasteiger partial charge in [-0.25, -0.2) is 0 Å². The summed E-state index contributed by atoms with van der Waals surface area (Å²) in [4.78, 5) is 28.1. The zero-order chi connectivity index (χ0) is 23.2. The Balaban J connectivity index is 1.52. The molecule has 174 valence electrons. The summed E-state index contributed by atoms with van der Waals surface area (Å²) in [6.07, 6.45) is 0. The van der Waals surface area contributed by atoms with Crippen molar-refractivity contribution >= 4 is 46.0 Å². The van der Waals surface area contributed by atoms with Crippen LogP contribution in [0, 0.1) is 10.1 Å². The standard InChI is InChI=1S/C22H25N5O5S/c28-21(17-15-16(27(29)30)5-6-19(17)25-7-11-31-12-8-25)24-22(33)23-18-3-1-2-4-20(18)26-9-13-32-14-10-26/h1-6,15H,7-14H2,(H2,23,24,28,33). The topological polar surface area (TPSA) is 109 Å². The Labute approximate surface area is 196 Å². The van der Waals surface area contributed by atoms with Gasteiger partial charge in [-0.15, -0.1) is 0 Å². The molecular formula is C22H25N5O5S. The second-order valence-electron chi connectivity index (χ2n) is 7.58. The predicted octanol–water partition coefficient (Wildman–Crippen LogP) is 2.39. The lowest BCUT2D eigenvalue weighted by Gasteiger charge is -2.31. The quantitative estimate of drug-likeness (QED) is 0.386. The lowest BCUT2D eigenvalue weighted by molar-refractivity contribution is -0.384. The number of morpholine rings is 2. The number of ether oxygens (including phenoxy) is 2. The number of nitro benzene ring substituents is 1. The van der Waals surface area contributed by atoms with Gasteiger partial charge in [-0.1, -0.05) is 12.1 Å². The van der Waals surface area contributed by atoms with Gasteiger partial charge < -0.3 is 24.6 Å². The number of carbonyl (C=O) groups excluding carboxylic acids is 1. The van der Waals surface area contributed by atoms with Crippen LogP contribution in [-0.2, 0) is 9.47 Å². The van der Waals surface area contributed by atoms with Gasteiger partial charge in [-0.2, -0.15) is 0 Å². The molecule has 1 amide bonds. The molecular weight excluding hydrogens is 446 g/mol. The van der Waals surface area contributed by atoms with Gasteiger partial charge in [0.05, 0.1) is 54.0 Å². The third kappa shape index (κ3) is 5.56. The van der Waals surface area contributed by atoms with E-state index in [1.54, 1.807) is 6.07 Å². The molecule has 2 heterocycles. The van der Waals surface area contributed by atoms with Crippen molar-refractivity contribution in [2.24, 2.45) is 0 Å². The van der Waals surface area contributed by atoms with Gasteiger partial charge in [0.2, 0.25) is 0 Å². The van der Waals surface area contributed by atoms with Crippen molar-refractivity contribution in [3.05, 3.63) is 58.1 Å². The van der Waals surface area contributed by atoms with Crippen LogP contribution in [0.4, 0.5) is 22.7 Å². The first kappa shape index (κ1) is 22.9. The number of nitrogens with one attached hydrogen (secondary N) is 2. The molecule has 2 aliphatic heterocycles. The minimum absolute atomic E-state index is 0.111. The molecule has 10 nitrogen and oxygen atoms in total. The molecule has 0 unspecified atom stereocenters. The van der Waals surface area contributed by atoms with Crippen LogP contribution in [-0.4, -0.2) is 68.5 Å². The average Bonchev–Trinajstić information content (AvgIpc) is 2.85. The van der Waals surface area contributed by atoms with Gasteiger partial charge in [-0.3, -0.25) is 20.2 Å². The average molecular weight is 472 g/mol. The molecule has 0 saturated carbocycles. The first-order chi connectivity index (χ1) is 16.0. The molecule has 0 radical (unpaired) electrons. The number of nitro groups is 1. The molecule has 2 aliphatic rings. The van der Waals surface area contributed by atoms with Crippen LogP contribution >= 0.6 is 12.2 Å². The maximum absolute atomic E-state index is 13.1. The van der Waals surface area contributed by atoms with Crippen molar-refractivity contribution in [1.82, 2.24) is 5.32 Å². The van der Waals surface area contributed by atoms with Crippen LogP contribution < -0.4 is 20.4 Å². The van der Waals surface area contributed by atoms with Crippen molar-refractivity contribution in [2.75, 3.05) is 67.7 Å². The third-order valence-corrected chi connectivity index (χ3v) is 5.72. The molecule has 2 fully saturated rings. The smallest absolute Gasteiger partial charge is 0.270 e. The molecule has 0 aliphatic carbocycles. The third-order valence-electron chi connectivity index (χ3n) is 5.52. The molecule has 2 saturated heterocycles. The Kier molecular flexibility index (Phi) is 7.33. The highest BCUT2D eigenvalue weighted by molar-refractivity contribution is 7.80. The van der Waals surface area contributed by atoms with Crippen molar-refractivity contribution in [3.63, 3.8) is 0 Å². The van der Waals surface area contributed by atoms with Gasteiger partial charge in [-0.05, 0) is 30.4 Å². The minimum Gasteiger partial charge on any atom is -0.378 e. The Bertz CT molecular complexity index is 1040. The number of hydrogen-bond acceptors (Lipinski definition) is 8. The number of anilines is 3. The SMILES string of the molecule is O=C(NC(=S)Nc1ccccc1N1CCOCC1)c1cc([N+](=O)[O-])ccc1N1CCOCC1. The van der Waals surface area contributed by atoms with Gasteiger partial charge in [0, 0.05) is 38.3 Å². The summed E-state index contributed by atoms with van der Waals surface area (Å²) < 4.78 is 10.8. The zero-order valence-corrected chi connectivity index (χ0v) is 18.8. The molecule has 4 rings (SSSR count). The number of carbonyl (C=O) groups is 1. The van der Waals surface area contributed by atoms with E-state index in [-0.39, 0.29) is 16.4 Å². The Hall–Kier alpha value is -3.28. The fourth-order valence-corrected chi connectivity index (χ4v) is 4.09. The highest BCUT2D eigenvalue weighted by Crippen LogP contribution is 2.28. The van der Waals surface area contributed by atoms with E-state index in [2.05, 4.69) is 15.5 Å². The highest BCUT2D eigenvalue weighted by Gasteiger charge is 2.23. The first-order valence-corrected chi connectivity index (χ1v) is 11.1. The number of para-hydroxylation sites is 2. The van der Waals surface area contributed by atoms with Crippen LogP contribution in [0.15, 0.2) is 42.5 Å². The molecule has 0 atom stereocenters. The number of thiocarbonyl (C=S) groups is 1. The summed E-state index contributed by atoms with van der Waals surface area (Å²) in [5, 5.41) is 17.2. The van der Waals surface area contributed by atoms with Gasteiger partial charge in [0.1, 0.15) is 0 Å². The highest BCUT2D eigenvalue weighted by atomic mass is 32.1. The van der Waals surface area contributed by atoms with Gasteiger partial charge >= 0.3 is 0 Å². The summed E-state index contributed by atoms with van der Waals surface area (Å²) in [5.74, 6) is -0.512. The molecule has 0 spiro atoms. The summed E-state index contributed by atoms with van der Waals surface area (Å²) in [5.41, 5.74) is 2.36. The van der Waals surface area contributed by atoms with Crippen LogP contribution in [0.3, 0.4) is 0 Å². The van der Waals surface area contributed by atoms with Crippen molar-refractivity contribution in [1.29, 1.82) is 0 Å². The lowest BCUT2D eigenvalue weighted by atomic mass is 10.1. The van der Waals surface area contributed by atoms with E-state index in [9.17, 15) is 14.9 Å². The van der Waals surface area contributed by atoms with E-state index in [1.165, 1.54) is 12.1 Å².